The number of carboxylic acid groups (broad SMARTS) is 1. The van der Waals surface area contributed by atoms with E-state index < -0.39 is 35.6 Å². The predicted octanol–water partition coefficient (Wildman–Crippen LogP) is 1.91. The van der Waals surface area contributed by atoms with Gasteiger partial charge in [0.05, 0.1) is 6.10 Å². The predicted molar refractivity (Wildman–Crippen MR) is 119 cm³/mol. The third-order valence-corrected chi connectivity index (χ3v) is 6.75. The average molecular weight is 442 g/mol. The summed E-state index contributed by atoms with van der Waals surface area (Å²) in [5.74, 6) is -2.07. The second-order valence-electron chi connectivity index (χ2n) is 9.10. The molecule has 2 heterocycles. The average Bonchev–Trinajstić information content (AvgIpc) is 3.33. The number of fused-ring (bicyclic) bond motifs is 2. The van der Waals surface area contributed by atoms with Gasteiger partial charge in [0.2, 0.25) is 11.8 Å². The van der Waals surface area contributed by atoms with Crippen LogP contribution in [0.4, 0.5) is 5.69 Å². The first-order valence-corrected chi connectivity index (χ1v) is 11.4. The van der Waals surface area contributed by atoms with Crippen LogP contribution >= 0.6 is 0 Å². The Morgan fingerprint density at radius 3 is 2.69 bits per heavy atom. The van der Waals surface area contributed by atoms with E-state index in [4.69, 9.17) is 0 Å². The first kappa shape index (κ1) is 22.3. The van der Waals surface area contributed by atoms with Crippen molar-refractivity contribution in [3.05, 3.63) is 42.5 Å². The number of aliphatic carboxylic acids is 1. The minimum Gasteiger partial charge on any atom is -0.479 e. The van der Waals surface area contributed by atoms with Gasteiger partial charge in [0.15, 0.2) is 0 Å². The third kappa shape index (κ3) is 4.65. The summed E-state index contributed by atoms with van der Waals surface area (Å²) in [5.41, 5.74) is -0.504. The van der Waals surface area contributed by atoms with E-state index in [1.807, 2.05) is 42.5 Å². The van der Waals surface area contributed by atoms with Crippen LogP contribution in [0.1, 0.15) is 44.9 Å². The molecule has 0 bridgehead atoms. The van der Waals surface area contributed by atoms with E-state index in [2.05, 4.69) is 10.6 Å². The van der Waals surface area contributed by atoms with Crippen molar-refractivity contribution in [1.82, 2.24) is 10.2 Å². The molecule has 0 radical (unpaired) electrons. The van der Waals surface area contributed by atoms with Crippen LogP contribution in [0.2, 0.25) is 0 Å². The summed E-state index contributed by atoms with van der Waals surface area (Å²) in [6, 6.07) is 8.04. The van der Waals surface area contributed by atoms with Crippen LogP contribution < -0.4 is 10.6 Å². The van der Waals surface area contributed by atoms with Crippen LogP contribution in [0.15, 0.2) is 42.5 Å². The number of amides is 2. The zero-order chi connectivity index (χ0) is 22.7. The molecule has 2 aliphatic heterocycles. The number of anilines is 1. The van der Waals surface area contributed by atoms with Gasteiger partial charge in [-0.2, -0.15) is 0 Å². The molecular formula is C24H31N3O5. The number of para-hydroxylation sites is 1. The van der Waals surface area contributed by atoms with Crippen LogP contribution in [0, 0.1) is 5.92 Å². The highest BCUT2D eigenvalue weighted by atomic mass is 16.4. The Kier molecular flexibility index (Phi) is 6.50. The number of hydrogen-bond acceptors (Lipinski definition) is 5. The lowest BCUT2D eigenvalue weighted by atomic mass is 10.0. The summed E-state index contributed by atoms with van der Waals surface area (Å²) >= 11 is 0. The number of rotatable bonds is 3. The molecule has 2 fully saturated rings. The van der Waals surface area contributed by atoms with Crippen LogP contribution in [0.3, 0.4) is 0 Å². The summed E-state index contributed by atoms with van der Waals surface area (Å²) in [6.45, 7) is 0.0628. The van der Waals surface area contributed by atoms with E-state index in [-0.39, 0.29) is 24.8 Å². The highest BCUT2D eigenvalue weighted by molar-refractivity contribution is 5.96. The molecule has 0 unspecified atom stereocenters. The Morgan fingerprint density at radius 2 is 1.94 bits per heavy atom. The summed E-state index contributed by atoms with van der Waals surface area (Å²) in [4.78, 5) is 40.0. The molecule has 172 valence electrons. The van der Waals surface area contributed by atoms with Crippen molar-refractivity contribution < 1.29 is 24.6 Å². The van der Waals surface area contributed by atoms with Gasteiger partial charge in [-0.15, -0.1) is 0 Å². The number of carboxylic acids is 1. The molecule has 0 aromatic heterocycles. The summed E-state index contributed by atoms with van der Waals surface area (Å²) in [5, 5.41) is 26.0. The van der Waals surface area contributed by atoms with Crippen molar-refractivity contribution >= 4 is 23.5 Å². The summed E-state index contributed by atoms with van der Waals surface area (Å²) in [6.07, 6.45) is 7.71. The molecule has 0 spiro atoms. The fourth-order valence-corrected chi connectivity index (χ4v) is 4.81. The van der Waals surface area contributed by atoms with Gasteiger partial charge in [-0.3, -0.25) is 9.59 Å². The smallest absolute Gasteiger partial charge is 0.330 e. The van der Waals surface area contributed by atoms with Gasteiger partial charge < -0.3 is 25.7 Å². The van der Waals surface area contributed by atoms with Crippen LogP contribution in [0.25, 0.3) is 0 Å². The molecule has 1 aromatic rings. The number of allylic oxidation sites excluding steroid dienone is 1. The molecule has 3 aliphatic rings. The van der Waals surface area contributed by atoms with Gasteiger partial charge in [0, 0.05) is 24.6 Å². The summed E-state index contributed by atoms with van der Waals surface area (Å²) in [7, 11) is 0. The Bertz CT molecular complexity index is 889. The highest BCUT2D eigenvalue weighted by Crippen LogP contribution is 2.45. The lowest BCUT2D eigenvalue weighted by molar-refractivity contribution is -0.145. The minimum atomic E-state index is -1.32. The Labute approximate surface area is 187 Å². The zero-order valence-electron chi connectivity index (χ0n) is 18.1. The van der Waals surface area contributed by atoms with Crippen molar-refractivity contribution in [1.29, 1.82) is 0 Å². The Balaban J connectivity index is 1.59. The quantitative estimate of drug-likeness (QED) is 0.532. The van der Waals surface area contributed by atoms with Crippen molar-refractivity contribution in [2.45, 2.75) is 68.7 Å². The molecule has 4 N–H and O–H groups in total. The Hall–Kier alpha value is -2.87. The molecule has 1 saturated heterocycles. The maximum absolute atomic E-state index is 13.5. The first-order valence-electron chi connectivity index (χ1n) is 11.4. The highest BCUT2D eigenvalue weighted by Gasteiger charge is 2.61. The van der Waals surface area contributed by atoms with Gasteiger partial charge in [-0.1, -0.05) is 43.2 Å². The summed E-state index contributed by atoms with van der Waals surface area (Å²) < 4.78 is 0. The second-order valence-corrected chi connectivity index (χ2v) is 9.10. The number of aliphatic hydroxyl groups excluding tert-OH is 1. The van der Waals surface area contributed by atoms with Gasteiger partial charge in [-0.05, 0) is 37.8 Å². The van der Waals surface area contributed by atoms with Crippen molar-refractivity contribution in [3.63, 3.8) is 0 Å². The number of benzene rings is 1. The van der Waals surface area contributed by atoms with Gasteiger partial charge >= 0.3 is 5.97 Å². The van der Waals surface area contributed by atoms with E-state index in [9.17, 15) is 24.6 Å². The van der Waals surface area contributed by atoms with Crippen LogP contribution in [-0.2, 0) is 14.4 Å². The van der Waals surface area contributed by atoms with E-state index in [0.29, 0.717) is 12.8 Å². The fourth-order valence-electron chi connectivity index (χ4n) is 4.81. The van der Waals surface area contributed by atoms with E-state index in [1.54, 1.807) is 0 Å². The molecule has 4 rings (SSSR count). The minimum absolute atomic E-state index is 0.0628. The molecule has 2 amide bonds. The van der Waals surface area contributed by atoms with Gasteiger partial charge in [0.1, 0.15) is 17.6 Å². The lowest BCUT2D eigenvalue weighted by Gasteiger charge is -2.30. The number of aliphatic hydroxyl groups is 1. The number of nitrogens with zero attached hydrogens (tertiary/aromatic N) is 1. The number of carbonyl (C=O) groups excluding carboxylic acids is 2. The Morgan fingerprint density at radius 1 is 1.16 bits per heavy atom. The van der Waals surface area contributed by atoms with Crippen LogP contribution in [0.5, 0.6) is 0 Å². The monoisotopic (exact) mass is 441 g/mol. The van der Waals surface area contributed by atoms with E-state index in [0.717, 1.165) is 31.4 Å². The molecule has 8 heteroatoms. The topological polar surface area (TPSA) is 119 Å². The largest absolute Gasteiger partial charge is 0.479 e. The molecular weight excluding hydrogens is 410 g/mol. The maximum Gasteiger partial charge on any atom is 0.330 e. The SMILES string of the molecule is O=C1N[C@]2(C(=O)O)C[C@H]2C=CCCCCC[C@H](Nc2ccccc2)C(=O)N2C[C@H](O)C[C@@H]12. The number of hydrogen-bond donors (Lipinski definition) is 4. The van der Waals surface area contributed by atoms with Gasteiger partial charge in [0.25, 0.3) is 0 Å². The van der Waals surface area contributed by atoms with E-state index >= 15 is 0 Å². The third-order valence-electron chi connectivity index (χ3n) is 6.75. The molecule has 1 aliphatic carbocycles. The molecule has 1 aromatic carbocycles. The molecule has 32 heavy (non-hydrogen) atoms. The number of nitrogens with one attached hydrogen (secondary N) is 2. The first-order chi connectivity index (χ1) is 15.4. The van der Waals surface area contributed by atoms with Crippen LogP contribution in [-0.4, -0.2) is 63.2 Å². The zero-order valence-corrected chi connectivity index (χ0v) is 18.1. The number of carbonyl (C=O) groups is 3. The standard InChI is InChI=1S/C24H31N3O5/c28-18-13-20-21(29)26-24(23(31)32)14-16(24)9-5-2-1-3-8-12-19(22(30)27(20)15-18)25-17-10-6-4-7-11-17/h4-7,9-11,16,18-20,25,28H,1-3,8,12-15H2,(H,26,29)(H,31,32)/t16-,18-,19+,20+,24-/m1/s1. The van der Waals surface area contributed by atoms with E-state index in [1.165, 1.54) is 4.90 Å². The normalized spacial score (nSPS) is 33.3. The van der Waals surface area contributed by atoms with Crippen molar-refractivity contribution in [2.24, 2.45) is 5.92 Å². The van der Waals surface area contributed by atoms with Crippen molar-refractivity contribution in [2.75, 3.05) is 11.9 Å². The lowest BCUT2D eigenvalue weighted by Crippen LogP contribution is -2.55. The molecule has 1 saturated carbocycles. The van der Waals surface area contributed by atoms with Gasteiger partial charge in [-0.25, -0.2) is 4.79 Å². The van der Waals surface area contributed by atoms with Crippen molar-refractivity contribution in [3.8, 4) is 0 Å². The fraction of sp³-hybridized carbons (Fsp3) is 0.542. The molecule has 5 atom stereocenters. The second kappa shape index (κ2) is 9.32. The maximum atomic E-state index is 13.5. The molecule has 8 nitrogen and oxygen atoms in total.